The van der Waals surface area contributed by atoms with E-state index in [-0.39, 0.29) is 13.2 Å². The predicted octanol–water partition coefficient (Wildman–Crippen LogP) is 1.65. The summed E-state index contributed by atoms with van der Waals surface area (Å²) >= 11 is 3.42. The molecule has 0 aliphatic rings. The first-order valence-electron chi connectivity index (χ1n) is 6.05. The molecule has 0 aliphatic carbocycles. The third-order valence-corrected chi connectivity index (χ3v) is 3.84. The molecule has 1 aromatic carbocycles. The highest BCUT2D eigenvalue weighted by Gasteiger charge is 2.32. The topological polar surface area (TPSA) is 58.3 Å². The molecule has 4 nitrogen and oxygen atoms in total. The first kappa shape index (κ1) is 14.2. The Morgan fingerprint density at radius 1 is 1.32 bits per heavy atom. The van der Waals surface area contributed by atoms with E-state index in [2.05, 4.69) is 21.0 Å². The fourth-order valence-corrected chi connectivity index (χ4v) is 2.62. The van der Waals surface area contributed by atoms with Crippen molar-refractivity contribution < 1.29 is 10.2 Å². The van der Waals surface area contributed by atoms with Gasteiger partial charge in [-0.05, 0) is 29.7 Å². The van der Waals surface area contributed by atoms with Crippen LogP contribution >= 0.6 is 15.9 Å². The summed E-state index contributed by atoms with van der Waals surface area (Å²) in [5.74, 6) is 0. The van der Waals surface area contributed by atoms with Gasteiger partial charge in [0.15, 0.2) is 0 Å². The molecule has 0 bridgehead atoms. The number of nitrogens with zero attached hydrogens (tertiary/aromatic N) is 2. The number of aromatic nitrogens is 2. The van der Waals surface area contributed by atoms with Crippen LogP contribution < -0.4 is 0 Å². The Morgan fingerprint density at radius 2 is 2.05 bits per heavy atom. The summed E-state index contributed by atoms with van der Waals surface area (Å²) in [6, 6.07) is 7.69. The lowest BCUT2D eigenvalue weighted by Gasteiger charge is -2.30. The fraction of sp³-hybridized carbons (Fsp3) is 0.357. The lowest BCUT2D eigenvalue weighted by Crippen LogP contribution is -2.37. The second-order valence-corrected chi connectivity index (χ2v) is 5.72. The molecule has 2 aromatic rings. The highest BCUT2D eigenvalue weighted by Crippen LogP contribution is 2.29. The maximum atomic E-state index is 9.79. The molecule has 102 valence electrons. The largest absolute Gasteiger partial charge is 0.395 e. The van der Waals surface area contributed by atoms with E-state index in [9.17, 15) is 10.2 Å². The Kier molecular flexibility index (Phi) is 4.39. The van der Waals surface area contributed by atoms with Gasteiger partial charge in [0.1, 0.15) is 0 Å². The molecule has 1 aromatic heterocycles. The Labute approximate surface area is 120 Å². The molecule has 0 fully saturated rings. The van der Waals surface area contributed by atoms with E-state index in [1.54, 1.807) is 10.9 Å². The van der Waals surface area contributed by atoms with Gasteiger partial charge in [0.2, 0.25) is 0 Å². The standard InChI is InChI=1S/C14H17BrN2O2/c1-17-8-11(7-16-17)6-14(9-18,10-19)12-3-2-4-13(15)5-12/h2-5,7-8,18-19H,6,9-10H2,1H3. The molecule has 0 atom stereocenters. The Hall–Kier alpha value is -1.17. The molecule has 5 heteroatoms. The van der Waals surface area contributed by atoms with Crippen LogP contribution in [-0.4, -0.2) is 33.2 Å². The summed E-state index contributed by atoms with van der Waals surface area (Å²) in [5.41, 5.74) is 1.22. The number of aryl methyl sites for hydroxylation is 1. The van der Waals surface area contributed by atoms with Crippen LogP contribution in [0.1, 0.15) is 11.1 Å². The van der Waals surface area contributed by atoms with Crippen molar-refractivity contribution in [1.82, 2.24) is 9.78 Å². The minimum Gasteiger partial charge on any atom is -0.395 e. The van der Waals surface area contributed by atoms with Gasteiger partial charge in [0.05, 0.1) is 19.4 Å². The van der Waals surface area contributed by atoms with Gasteiger partial charge in [-0.3, -0.25) is 4.68 Å². The van der Waals surface area contributed by atoms with Crippen LogP contribution in [0.25, 0.3) is 0 Å². The summed E-state index contributed by atoms with van der Waals surface area (Å²) in [4.78, 5) is 0. The van der Waals surface area contributed by atoms with Crippen molar-refractivity contribution in [1.29, 1.82) is 0 Å². The quantitative estimate of drug-likeness (QED) is 0.879. The van der Waals surface area contributed by atoms with Gasteiger partial charge in [-0.2, -0.15) is 5.10 Å². The van der Waals surface area contributed by atoms with Crippen molar-refractivity contribution in [2.24, 2.45) is 7.05 Å². The molecule has 0 saturated heterocycles. The van der Waals surface area contributed by atoms with Gasteiger partial charge in [0.25, 0.3) is 0 Å². The minimum atomic E-state index is -0.688. The van der Waals surface area contributed by atoms with E-state index in [0.717, 1.165) is 15.6 Å². The van der Waals surface area contributed by atoms with Crippen molar-refractivity contribution in [2.45, 2.75) is 11.8 Å². The summed E-state index contributed by atoms with van der Waals surface area (Å²) < 4.78 is 2.65. The van der Waals surface area contributed by atoms with E-state index in [1.807, 2.05) is 37.5 Å². The third kappa shape index (κ3) is 3.05. The van der Waals surface area contributed by atoms with Gasteiger partial charge >= 0.3 is 0 Å². The smallest absolute Gasteiger partial charge is 0.0553 e. The number of halogens is 1. The first-order valence-corrected chi connectivity index (χ1v) is 6.84. The van der Waals surface area contributed by atoms with Gasteiger partial charge < -0.3 is 10.2 Å². The SMILES string of the molecule is Cn1cc(CC(CO)(CO)c2cccc(Br)c2)cn1. The average molecular weight is 325 g/mol. The molecule has 0 aliphatic heterocycles. The summed E-state index contributed by atoms with van der Waals surface area (Å²) in [6.07, 6.45) is 4.21. The first-order chi connectivity index (χ1) is 9.09. The van der Waals surface area contributed by atoms with E-state index >= 15 is 0 Å². The van der Waals surface area contributed by atoms with Gasteiger partial charge in [0, 0.05) is 23.1 Å². The second-order valence-electron chi connectivity index (χ2n) is 4.81. The number of rotatable bonds is 5. The maximum absolute atomic E-state index is 9.79. The van der Waals surface area contributed by atoms with Crippen LogP contribution in [0.3, 0.4) is 0 Å². The van der Waals surface area contributed by atoms with Crippen LogP contribution in [-0.2, 0) is 18.9 Å². The number of aliphatic hydroxyl groups excluding tert-OH is 2. The Bertz CT molecular complexity index is 550. The van der Waals surface area contributed by atoms with E-state index in [1.165, 1.54) is 0 Å². The van der Waals surface area contributed by atoms with Crippen LogP contribution in [0.4, 0.5) is 0 Å². The Morgan fingerprint density at radius 3 is 2.58 bits per heavy atom. The number of hydrogen-bond donors (Lipinski definition) is 2. The highest BCUT2D eigenvalue weighted by molar-refractivity contribution is 9.10. The zero-order valence-electron chi connectivity index (χ0n) is 10.8. The Balaban J connectivity index is 2.37. The van der Waals surface area contributed by atoms with Crippen molar-refractivity contribution >= 4 is 15.9 Å². The number of aliphatic hydroxyl groups is 2. The van der Waals surface area contributed by atoms with Gasteiger partial charge in [-0.1, -0.05) is 28.1 Å². The van der Waals surface area contributed by atoms with Crippen molar-refractivity contribution in [3.63, 3.8) is 0 Å². The molecular weight excluding hydrogens is 308 g/mol. The van der Waals surface area contributed by atoms with Gasteiger partial charge in [-0.25, -0.2) is 0 Å². The molecule has 0 spiro atoms. The van der Waals surface area contributed by atoms with E-state index in [0.29, 0.717) is 6.42 Å². The molecular formula is C14H17BrN2O2. The van der Waals surface area contributed by atoms with Crippen LogP contribution in [0.15, 0.2) is 41.1 Å². The molecule has 1 heterocycles. The van der Waals surface area contributed by atoms with Crippen molar-refractivity contribution in [3.05, 3.63) is 52.3 Å². The zero-order chi connectivity index (χ0) is 13.9. The molecule has 2 rings (SSSR count). The molecule has 19 heavy (non-hydrogen) atoms. The maximum Gasteiger partial charge on any atom is 0.0553 e. The van der Waals surface area contributed by atoms with Crippen LogP contribution in [0.2, 0.25) is 0 Å². The van der Waals surface area contributed by atoms with E-state index < -0.39 is 5.41 Å². The lowest BCUT2D eigenvalue weighted by atomic mass is 9.77. The molecule has 0 amide bonds. The predicted molar refractivity (Wildman–Crippen MR) is 76.9 cm³/mol. The summed E-state index contributed by atoms with van der Waals surface area (Å²) in [6.45, 7) is -0.232. The third-order valence-electron chi connectivity index (χ3n) is 3.34. The summed E-state index contributed by atoms with van der Waals surface area (Å²) in [5, 5.41) is 23.7. The molecule has 2 N–H and O–H groups in total. The lowest BCUT2D eigenvalue weighted by molar-refractivity contribution is 0.116. The monoisotopic (exact) mass is 324 g/mol. The number of hydrogen-bond acceptors (Lipinski definition) is 3. The number of benzene rings is 1. The highest BCUT2D eigenvalue weighted by atomic mass is 79.9. The molecule has 0 saturated carbocycles. The average Bonchev–Trinajstić information content (AvgIpc) is 2.81. The van der Waals surface area contributed by atoms with Crippen molar-refractivity contribution in [2.75, 3.05) is 13.2 Å². The molecule has 0 radical (unpaired) electrons. The zero-order valence-corrected chi connectivity index (χ0v) is 12.3. The van der Waals surface area contributed by atoms with Gasteiger partial charge in [-0.15, -0.1) is 0 Å². The molecule has 0 unspecified atom stereocenters. The van der Waals surface area contributed by atoms with Crippen LogP contribution in [0.5, 0.6) is 0 Å². The summed E-state index contributed by atoms with van der Waals surface area (Å²) in [7, 11) is 1.85. The van der Waals surface area contributed by atoms with E-state index in [4.69, 9.17) is 0 Å². The fourth-order valence-electron chi connectivity index (χ4n) is 2.22. The van der Waals surface area contributed by atoms with Crippen molar-refractivity contribution in [3.8, 4) is 0 Å². The second kappa shape index (κ2) is 5.86. The minimum absolute atomic E-state index is 0.116. The normalized spacial score (nSPS) is 11.8. The van der Waals surface area contributed by atoms with Crippen LogP contribution in [0, 0.1) is 0 Å².